The van der Waals surface area contributed by atoms with Gasteiger partial charge in [0.1, 0.15) is 5.75 Å². The number of para-hydroxylation sites is 2. The first-order valence-electron chi connectivity index (χ1n) is 9.30. The molecule has 1 amide bonds. The van der Waals surface area contributed by atoms with E-state index in [1.807, 2.05) is 54.3 Å². The number of piperazine rings is 1. The molecule has 0 unspecified atom stereocenters. The summed E-state index contributed by atoms with van der Waals surface area (Å²) in [5, 5.41) is 0.735. The molecule has 3 rings (SSSR count). The highest BCUT2D eigenvalue weighted by atomic mass is 35.5. The van der Waals surface area contributed by atoms with Crippen LogP contribution >= 0.6 is 23.4 Å². The lowest BCUT2D eigenvalue weighted by atomic mass is 10.2. The third kappa shape index (κ3) is 5.56. The maximum atomic E-state index is 12.5. The molecule has 1 aliphatic heterocycles. The van der Waals surface area contributed by atoms with E-state index in [1.165, 1.54) is 0 Å². The van der Waals surface area contributed by atoms with Crippen LogP contribution in [0.2, 0.25) is 5.02 Å². The zero-order valence-corrected chi connectivity index (χ0v) is 17.1. The Labute approximate surface area is 170 Å². The first-order chi connectivity index (χ1) is 13.2. The Morgan fingerprint density at radius 2 is 1.78 bits per heavy atom. The number of hydrogen-bond donors (Lipinski definition) is 0. The van der Waals surface area contributed by atoms with E-state index in [2.05, 4.69) is 11.0 Å². The quantitative estimate of drug-likeness (QED) is 0.633. The molecule has 0 aromatic heterocycles. The first kappa shape index (κ1) is 19.9. The maximum Gasteiger partial charge on any atom is 0.223 e. The molecule has 144 valence electrons. The normalized spacial score (nSPS) is 14.3. The van der Waals surface area contributed by atoms with Crippen LogP contribution in [0.25, 0.3) is 0 Å². The van der Waals surface area contributed by atoms with Gasteiger partial charge in [0.05, 0.1) is 12.3 Å². The zero-order valence-electron chi connectivity index (χ0n) is 15.6. The lowest BCUT2D eigenvalue weighted by Gasteiger charge is -2.36. The largest absolute Gasteiger partial charge is 0.492 e. The summed E-state index contributed by atoms with van der Waals surface area (Å²) in [4.78, 5) is 17.9. The molecule has 0 saturated carbocycles. The van der Waals surface area contributed by atoms with Gasteiger partial charge in [-0.15, -0.1) is 11.8 Å². The van der Waals surface area contributed by atoms with Gasteiger partial charge in [0.15, 0.2) is 0 Å². The molecule has 0 bridgehead atoms. The highest BCUT2D eigenvalue weighted by Crippen LogP contribution is 2.29. The van der Waals surface area contributed by atoms with Gasteiger partial charge in [0.2, 0.25) is 5.91 Å². The fourth-order valence-electron chi connectivity index (χ4n) is 3.14. The van der Waals surface area contributed by atoms with Crippen LogP contribution in [0.1, 0.15) is 13.3 Å². The average molecular weight is 405 g/mol. The van der Waals surface area contributed by atoms with Crippen molar-refractivity contribution in [1.29, 1.82) is 0 Å². The van der Waals surface area contributed by atoms with Gasteiger partial charge in [-0.2, -0.15) is 0 Å². The number of nitrogens with zero attached hydrogens (tertiary/aromatic N) is 2. The van der Waals surface area contributed by atoms with Crippen LogP contribution in [0.3, 0.4) is 0 Å². The highest BCUT2D eigenvalue weighted by Gasteiger charge is 2.22. The van der Waals surface area contributed by atoms with Crippen LogP contribution in [0.5, 0.6) is 5.75 Å². The minimum absolute atomic E-state index is 0.231. The number of thioether (sulfide) groups is 1. The number of carbonyl (C=O) groups is 1. The lowest BCUT2D eigenvalue weighted by molar-refractivity contribution is -0.131. The number of halogens is 1. The van der Waals surface area contributed by atoms with E-state index in [0.29, 0.717) is 13.0 Å². The summed E-state index contributed by atoms with van der Waals surface area (Å²) in [6.45, 7) is 5.83. The smallest absolute Gasteiger partial charge is 0.223 e. The summed E-state index contributed by atoms with van der Waals surface area (Å²) in [5.74, 6) is 1.93. The standard InChI is InChI=1S/C21H25ClN2O2S/c1-2-26-20-6-4-3-5-19(20)23-12-14-24(15-13-23)21(25)11-16-27-18-9-7-17(22)8-10-18/h3-10H,2,11-16H2,1H3. The molecule has 2 aromatic carbocycles. The zero-order chi connectivity index (χ0) is 19.1. The predicted octanol–water partition coefficient (Wildman–Crippen LogP) is 4.57. The summed E-state index contributed by atoms with van der Waals surface area (Å²) in [7, 11) is 0. The number of carbonyl (C=O) groups excluding carboxylic acids is 1. The highest BCUT2D eigenvalue weighted by molar-refractivity contribution is 7.99. The van der Waals surface area contributed by atoms with Crippen LogP contribution in [0.4, 0.5) is 5.69 Å². The van der Waals surface area contributed by atoms with Crippen LogP contribution in [-0.2, 0) is 4.79 Å². The Bertz CT molecular complexity index is 746. The van der Waals surface area contributed by atoms with E-state index in [-0.39, 0.29) is 5.91 Å². The minimum atomic E-state index is 0.231. The lowest BCUT2D eigenvalue weighted by Crippen LogP contribution is -2.49. The van der Waals surface area contributed by atoms with E-state index in [1.54, 1.807) is 11.8 Å². The monoisotopic (exact) mass is 404 g/mol. The average Bonchev–Trinajstić information content (AvgIpc) is 2.70. The van der Waals surface area contributed by atoms with Gasteiger partial charge in [0, 0.05) is 48.3 Å². The van der Waals surface area contributed by atoms with Crippen LogP contribution in [-0.4, -0.2) is 49.3 Å². The van der Waals surface area contributed by atoms with Gasteiger partial charge >= 0.3 is 0 Å². The topological polar surface area (TPSA) is 32.8 Å². The molecule has 27 heavy (non-hydrogen) atoms. The molecule has 0 N–H and O–H groups in total. The Hall–Kier alpha value is -1.85. The molecule has 0 atom stereocenters. The van der Waals surface area contributed by atoms with E-state index in [0.717, 1.165) is 53.3 Å². The van der Waals surface area contributed by atoms with Crippen molar-refractivity contribution in [2.24, 2.45) is 0 Å². The summed E-state index contributed by atoms with van der Waals surface area (Å²) in [6.07, 6.45) is 0.558. The van der Waals surface area contributed by atoms with Gasteiger partial charge in [-0.05, 0) is 43.3 Å². The molecule has 0 radical (unpaired) electrons. The van der Waals surface area contributed by atoms with Crippen LogP contribution < -0.4 is 9.64 Å². The summed E-state index contributed by atoms with van der Waals surface area (Å²) < 4.78 is 5.73. The van der Waals surface area contributed by atoms with Gasteiger partial charge in [-0.3, -0.25) is 4.79 Å². The predicted molar refractivity (Wildman–Crippen MR) is 113 cm³/mol. The van der Waals surface area contributed by atoms with Crippen molar-refractivity contribution in [2.45, 2.75) is 18.2 Å². The van der Waals surface area contributed by atoms with E-state index < -0.39 is 0 Å². The second kappa shape index (κ2) is 9.90. The SMILES string of the molecule is CCOc1ccccc1N1CCN(C(=O)CCSc2ccc(Cl)cc2)CC1. The van der Waals surface area contributed by atoms with Crippen molar-refractivity contribution in [2.75, 3.05) is 43.4 Å². The Morgan fingerprint density at radius 3 is 2.48 bits per heavy atom. The van der Waals surface area contributed by atoms with Gasteiger partial charge in [-0.25, -0.2) is 0 Å². The third-order valence-corrected chi connectivity index (χ3v) is 5.80. The summed E-state index contributed by atoms with van der Waals surface area (Å²) in [6, 6.07) is 15.9. The number of amides is 1. The van der Waals surface area contributed by atoms with Crippen LogP contribution in [0, 0.1) is 0 Å². The molecule has 6 heteroatoms. The number of rotatable bonds is 7. The fraction of sp³-hybridized carbons (Fsp3) is 0.381. The molecule has 0 aliphatic carbocycles. The number of ether oxygens (including phenoxy) is 1. The van der Waals surface area contributed by atoms with Crippen molar-refractivity contribution in [3.63, 3.8) is 0 Å². The van der Waals surface area contributed by atoms with Crippen molar-refractivity contribution >= 4 is 35.0 Å². The van der Waals surface area contributed by atoms with Gasteiger partial charge in [0.25, 0.3) is 0 Å². The van der Waals surface area contributed by atoms with Gasteiger partial charge in [-0.1, -0.05) is 23.7 Å². The molecule has 2 aromatic rings. The molecular weight excluding hydrogens is 380 g/mol. The number of hydrogen-bond acceptors (Lipinski definition) is 4. The molecule has 1 aliphatic rings. The van der Waals surface area contributed by atoms with Crippen LogP contribution in [0.15, 0.2) is 53.4 Å². The molecule has 1 heterocycles. The van der Waals surface area contributed by atoms with E-state index in [4.69, 9.17) is 16.3 Å². The second-order valence-corrected chi connectivity index (χ2v) is 7.93. The Morgan fingerprint density at radius 1 is 1.07 bits per heavy atom. The Kier molecular flexibility index (Phi) is 7.30. The molecule has 0 spiro atoms. The third-order valence-electron chi connectivity index (χ3n) is 4.54. The molecular formula is C21H25ClN2O2S. The van der Waals surface area contributed by atoms with Crippen molar-refractivity contribution < 1.29 is 9.53 Å². The van der Waals surface area contributed by atoms with E-state index in [9.17, 15) is 4.79 Å². The maximum absolute atomic E-state index is 12.5. The number of anilines is 1. The van der Waals surface area contributed by atoms with E-state index >= 15 is 0 Å². The van der Waals surface area contributed by atoms with Crippen molar-refractivity contribution in [3.05, 3.63) is 53.6 Å². The number of benzene rings is 2. The molecule has 4 nitrogen and oxygen atoms in total. The summed E-state index contributed by atoms with van der Waals surface area (Å²) >= 11 is 7.59. The minimum Gasteiger partial charge on any atom is -0.492 e. The molecule has 1 saturated heterocycles. The Balaban J connectivity index is 1.46. The van der Waals surface area contributed by atoms with Gasteiger partial charge < -0.3 is 14.5 Å². The van der Waals surface area contributed by atoms with Crippen molar-refractivity contribution in [3.8, 4) is 5.75 Å². The summed E-state index contributed by atoms with van der Waals surface area (Å²) in [5.41, 5.74) is 1.12. The molecule has 1 fully saturated rings. The van der Waals surface area contributed by atoms with Crippen molar-refractivity contribution in [1.82, 2.24) is 4.90 Å². The second-order valence-electron chi connectivity index (χ2n) is 6.32. The first-order valence-corrected chi connectivity index (χ1v) is 10.7. The fourth-order valence-corrected chi connectivity index (χ4v) is 4.10.